The van der Waals surface area contributed by atoms with E-state index in [1.807, 2.05) is 24.3 Å². The number of pyridine rings is 2. The molecule has 2 aromatic heterocycles. The quantitative estimate of drug-likeness (QED) is 0.750. The van der Waals surface area contributed by atoms with E-state index in [4.69, 9.17) is 16.3 Å². The summed E-state index contributed by atoms with van der Waals surface area (Å²) in [5.41, 5.74) is 1.95. The summed E-state index contributed by atoms with van der Waals surface area (Å²) in [6, 6.07) is 9.57. The van der Waals surface area contributed by atoms with Crippen LogP contribution in [0.4, 0.5) is 0 Å². The third-order valence-electron chi connectivity index (χ3n) is 3.09. The van der Waals surface area contributed by atoms with Crippen LogP contribution in [0.25, 0.3) is 0 Å². The molecule has 1 aliphatic heterocycles. The number of hydrogen-bond donors (Lipinski definition) is 0. The average Bonchev–Trinajstić information content (AvgIpc) is 2.58. The molecule has 0 aliphatic carbocycles. The molecule has 0 fully saturated rings. The molecule has 0 saturated carbocycles. The lowest BCUT2D eigenvalue weighted by atomic mass is 10.2. The second-order valence-corrected chi connectivity index (χ2v) is 5.04. The third-order valence-corrected chi connectivity index (χ3v) is 3.30. The molecule has 19 heavy (non-hydrogen) atoms. The predicted molar refractivity (Wildman–Crippen MR) is 73.2 cm³/mol. The number of halogens is 1. The van der Waals surface area contributed by atoms with Gasteiger partial charge in [0.25, 0.3) is 0 Å². The van der Waals surface area contributed by atoms with Crippen LogP contribution in [-0.4, -0.2) is 28.5 Å². The van der Waals surface area contributed by atoms with Gasteiger partial charge in [0.2, 0.25) is 5.88 Å². The average molecular weight is 276 g/mol. The van der Waals surface area contributed by atoms with E-state index in [1.165, 1.54) is 0 Å². The molecule has 0 radical (unpaired) electrons. The summed E-state index contributed by atoms with van der Waals surface area (Å²) in [6.45, 7) is 1.56. The lowest BCUT2D eigenvalue weighted by Gasteiger charge is -2.19. The number of hydrogen-bond acceptors (Lipinski definition) is 4. The highest BCUT2D eigenvalue weighted by Crippen LogP contribution is 2.29. The van der Waals surface area contributed by atoms with Gasteiger partial charge in [0.1, 0.15) is 5.15 Å². The Balaban J connectivity index is 1.97. The van der Waals surface area contributed by atoms with Crippen LogP contribution >= 0.6 is 11.6 Å². The van der Waals surface area contributed by atoms with E-state index in [1.54, 1.807) is 12.3 Å². The predicted octanol–water partition coefficient (Wildman–Crippen LogP) is 2.70. The van der Waals surface area contributed by atoms with Gasteiger partial charge < -0.3 is 4.74 Å². The Bertz CT molecular complexity index is 576. The number of aromatic nitrogens is 2. The van der Waals surface area contributed by atoms with E-state index in [-0.39, 0.29) is 6.10 Å². The van der Waals surface area contributed by atoms with Crippen LogP contribution in [-0.2, 0) is 6.54 Å². The molecule has 0 amide bonds. The van der Waals surface area contributed by atoms with Crippen molar-refractivity contribution >= 4 is 11.6 Å². The van der Waals surface area contributed by atoms with Gasteiger partial charge in [-0.1, -0.05) is 17.7 Å². The number of fused-ring (bicyclic) bond motifs is 1. The van der Waals surface area contributed by atoms with Crippen LogP contribution in [0.15, 0.2) is 36.5 Å². The molecule has 1 unspecified atom stereocenters. The van der Waals surface area contributed by atoms with Crippen molar-refractivity contribution in [1.29, 1.82) is 0 Å². The first-order valence-electron chi connectivity index (χ1n) is 6.14. The first-order chi connectivity index (χ1) is 9.22. The van der Waals surface area contributed by atoms with E-state index in [2.05, 4.69) is 21.9 Å². The number of rotatable bonds is 1. The molecular weight excluding hydrogens is 262 g/mol. The topological polar surface area (TPSA) is 38.2 Å². The maximum atomic E-state index is 5.99. The molecule has 0 N–H and O–H groups in total. The highest BCUT2D eigenvalue weighted by molar-refractivity contribution is 6.29. The number of ether oxygens (including phenoxy) is 1. The summed E-state index contributed by atoms with van der Waals surface area (Å²) in [7, 11) is 2.06. The minimum absolute atomic E-state index is 0.126. The smallest absolute Gasteiger partial charge is 0.220 e. The second kappa shape index (κ2) is 5.15. The second-order valence-electron chi connectivity index (χ2n) is 4.66. The fourth-order valence-electron chi connectivity index (χ4n) is 2.20. The van der Waals surface area contributed by atoms with Crippen LogP contribution in [0.3, 0.4) is 0 Å². The lowest BCUT2D eigenvalue weighted by Crippen LogP contribution is -2.24. The summed E-state index contributed by atoms with van der Waals surface area (Å²) in [5.74, 6) is 0.604. The molecule has 0 aromatic carbocycles. The van der Waals surface area contributed by atoms with Crippen LogP contribution in [0.5, 0.6) is 5.88 Å². The van der Waals surface area contributed by atoms with Crippen molar-refractivity contribution in [3.63, 3.8) is 0 Å². The Morgan fingerprint density at radius 2 is 2.21 bits per heavy atom. The fourth-order valence-corrected chi connectivity index (χ4v) is 2.34. The van der Waals surface area contributed by atoms with E-state index in [0.29, 0.717) is 11.0 Å². The molecule has 3 rings (SSSR count). The Kier molecular flexibility index (Phi) is 3.36. The van der Waals surface area contributed by atoms with Gasteiger partial charge in [-0.3, -0.25) is 9.88 Å². The van der Waals surface area contributed by atoms with E-state index in [0.717, 1.165) is 24.3 Å². The molecule has 2 aromatic rings. The zero-order valence-electron chi connectivity index (χ0n) is 10.6. The zero-order chi connectivity index (χ0) is 13.2. The van der Waals surface area contributed by atoms with Crippen molar-refractivity contribution in [2.75, 3.05) is 13.6 Å². The van der Waals surface area contributed by atoms with Crippen molar-refractivity contribution < 1.29 is 4.74 Å². The Morgan fingerprint density at radius 3 is 3.00 bits per heavy atom. The maximum Gasteiger partial charge on any atom is 0.220 e. The third kappa shape index (κ3) is 2.69. The molecule has 0 spiro atoms. The lowest BCUT2D eigenvalue weighted by molar-refractivity contribution is 0.156. The molecule has 4 nitrogen and oxygen atoms in total. The fraction of sp³-hybridized carbons (Fsp3) is 0.286. The molecule has 5 heteroatoms. The number of nitrogens with zero attached hydrogens (tertiary/aromatic N) is 3. The highest BCUT2D eigenvalue weighted by Gasteiger charge is 2.24. The van der Waals surface area contributed by atoms with Crippen molar-refractivity contribution in [2.24, 2.45) is 0 Å². The van der Waals surface area contributed by atoms with Gasteiger partial charge in [-0.05, 0) is 31.3 Å². The Hall–Kier alpha value is -1.65. The van der Waals surface area contributed by atoms with Crippen molar-refractivity contribution in [3.8, 4) is 5.88 Å². The normalized spacial score (nSPS) is 19.4. The Labute approximate surface area is 117 Å². The van der Waals surface area contributed by atoms with Gasteiger partial charge in [0, 0.05) is 24.8 Å². The minimum Gasteiger partial charge on any atom is -0.466 e. The molecule has 0 saturated heterocycles. The van der Waals surface area contributed by atoms with Gasteiger partial charge in [0.05, 0.1) is 5.69 Å². The number of likely N-dealkylation sites (N-methyl/N-ethyl adjacent to an activating group) is 1. The van der Waals surface area contributed by atoms with Crippen LogP contribution < -0.4 is 4.74 Å². The molecular formula is C14H14ClN3O. The van der Waals surface area contributed by atoms with E-state index >= 15 is 0 Å². The van der Waals surface area contributed by atoms with Crippen molar-refractivity contribution in [3.05, 3.63) is 52.9 Å². The molecule has 3 heterocycles. The van der Waals surface area contributed by atoms with Gasteiger partial charge in [0.15, 0.2) is 6.10 Å². The summed E-state index contributed by atoms with van der Waals surface area (Å²) in [6.07, 6.45) is 1.65. The van der Waals surface area contributed by atoms with E-state index < -0.39 is 0 Å². The first-order valence-corrected chi connectivity index (χ1v) is 6.52. The molecule has 0 bridgehead atoms. The van der Waals surface area contributed by atoms with Crippen LogP contribution in [0.2, 0.25) is 5.15 Å². The van der Waals surface area contributed by atoms with Crippen LogP contribution in [0, 0.1) is 0 Å². The largest absolute Gasteiger partial charge is 0.466 e. The van der Waals surface area contributed by atoms with Gasteiger partial charge in [-0.25, -0.2) is 4.98 Å². The minimum atomic E-state index is -0.126. The highest BCUT2D eigenvalue weighted by atomic mass is 35.5. The van der Waals surface area contributed by atoms with Gasteiger partial charge in [-0.15, -0.1) is 0 Å². The molecule has 1 aliphatic rings. The summed E-state index contributed by atoms with van der Waals surface area (Å²) in [4.78, 5) is 10.8. The summed E-state index contributed by atoms with van der Waals surface area (Å²) >= 11 is 5.94. The maximum absolute atomic E-state index is 5.99. The molecule has 98 valence electrons. The Morgan fingerprint density at radius 1 is 1.32 bits per heavy atom. The summed E-state index contributed by atoms with van der Waals surface area (Å²) in [5, 5.41) is 0.447. The van der Waals surface area contributed by atoms with E-state index in [9.17, 15) is 0 Å². The summed E-state index contributed by atoms with van der Waals surface area (Å²) < 4.78 is 5.99. The van der Waals surface area contributed by atoms with Crippen LogP contribution in [0.1, 0.15) is 17.4 Å². The SMILES string of the molecule is CN1Cc2ccc(Cl)nc2OC(c2ccccn2)C1. The molecule has 1 atom stereocenters. The van der Waals surface area contributed by atoms with Crippen molar-refractivity contribution in [2.45, 2.75) is 12.6 Å². The standard InChI is InChI=1S/C14H14ClN3O/c1-18-8-10-5-6-13(15)17-14(10)19-12(9-18)11-4-2-3-7-16-11/h2-7,12H,8-9H2,1H3. The van der Waals surface area contributed by atoms with Gasteiger partial charge in [-0.2, -0.15) is 0 Å². The zero-order valence-corrected chi connectivity index (χ0v) is 11.3. The first kappa shape index (κ1) is 12.4. The van der Waals surface area contributed by atoms with Gasteiger partial charge >= 0.3 is 0 Å². The monoisotopic (exact) mass is 275 g/mol. The van der Waals surface area contributed by atoms with Crippen molar-refractivity contribution in [1.82, 2.24) is 14.9 Å².